The van der Waals surface area contributed by atoms with E-state index in [0.29, 0.717) is 0 Å². The van der Waals surface area contributed by atoms with Gasteiger partial charge in [0, 0.05) is 6.07 Å². The summed E-state index contributed by atoms with van der Waals surface area (Å²) < 4.78 is 32.0. The van der Waals surface area contributed by atoms with E-state index in [1.54, 1.807) is 12.1 Å². The lowest BCUT2D eigenvalue weighted by molar-refractivity contribution is -0.124. The zero-order chi connectivity index (χ0) is 16.8. The molecule has 23 heavy (non-hydrogen) atoms. The molecule has 0 aromatic heterocycles. The summed E-state index contributed by atoms with van der Waals surface area (Å²) in [5.74, 6) is -2.31. The molecule has 2 aromatic carbocycles. The minimum atomic E-state index is -0.804. The molecule has 0 bridgehead atoms. The van der Waals surface area contributed by atoms with Gasteiger partial charge in [0.05, 0.1) is 5.69 Å². The van der Waals surface area contributed by atoms with Crippen LogP contribution in [-0.4, -0.2) is 11.8 Å². The van der Waals surface area contributed by atoms with Crippen LogP contribution < -0.4 is 15.8 Å². The topological polar surface area (TPSA) is 81.4 Å². The second kappa shape index (κ2) is 7.35. The van der Waals surface area contributed by atoms with Crippen LogP contribution in [0.2, 0.25) is 0 Å². The predicted octanol–water partition coefficient (Wildman–Crippen LogP) is 2.36. The molecule has 3 N–H and O–H groups in total. The van der Waals surface area contributed by atoms with E-state index in [2.05, 4.69) is 5.32 Å². The highest BCUT2D eigenvalue weighted by Crippen LogP contribution is 2.21. The molecule has 0 saturated carbocycles. The molecule has 0 radical (unpaired) electrons. The number of carbonyl (C=O) groups is 2. The number of anilines is 1. The van der Waals surface area contributed by atoms with Gasteiger partial charge in [0.15, 0.2) is 0 Å². The zero-order valence-corrected chi connectivity index (χ0v) is 12.0. The van der Waals surface area contributed by atoms with Gasteiger partial charge in [-0.1, -0.05) is 12.1 Å². The number of nitrogens with two attached hydrogens (primary N) is 1. The first-order chi connectivity index (χ1) is 10.9. The molecule has 0 atom stereocenters. The third kappa shape index (κ3) is 5.06. The molecule has 0 fully saturated rings. The summed E-state index contributed by atoms with van der Waals surface area (Å²) >= 11 is 0. The summed E-state index contributed by atoms with van der Waals surface area (Å²) in [6.07, 6.45) is -0.526. The fraction of sp³-hybridized carbons (Fsp3) is 0.125. The molecule has 120 valence electrons. The van der Waals surface area contributed by atoms with Crippen LogP contribution in [0.25, 0.3) is 0 Å². The van der Waals surface area contributed by atoms with Crippen molar-refractivity contribution < 1.29 is 23.1 Å². The van der Waals surface area contributed by atoms with Gasteiger partial charge < -0.3 is 15.8 Å². The van der Waals surface area contributed by atoms with Gasteiger partial charge in [0.25, 0.3) is 0 Å². The lowest BCUT2D eigenvalue weighted by Gasteiger charge is -2.09. The number of ether oxygens (including phenoxy) is 1. The van der Waals surface area contributed by atoms with Gasteiger partial charge in [-0.25, -0.2) is 8.78 Å². The highest BCUT2D eigenvalue weighted by Gasteiger charge is 2.10. The van der Waals surface area contributed by atoms with Gasteiger partial charge in [-0.2, -0.15) is 0 Å². The molecule has 0 unspecified atom stereocenters. The maximum atomic E-state index is 13.9. The minimum Gasteiger partial charge on any atom is -0.489 e. The summed E-state index contributed by atoms with van der Waals surface area (Å²) in [5, 5.41) is 2.24. The molecule has 2 amide bonds. The highest BCUT2D eigenvalue weighted by molar-refractivity contribution is 6.03. The van der Waals surface area contributed by atoms with Crippen molar-refractivity contribution in [2.75, 3.05) is 5.32 Å². The van der Waals surface area contributed by atoms with Gasteiger partial charge in [-0.3, -0.25) is 9.59 Å². The number of benzene rings is 2. The second-order valence-electron chi connectivity index (χ2n) is 4.75. The first kappa shape index (κ1) is 16.4. The van der Waals surface area contributed by atoms with E-state index in [1.807, 2.05) is 0 Å². The van der Waals surface area contributed by atoms with Crippen LogP contribution in [0.3, 0.4) is 0 Å². The van der Waals surface area contributed by atoms with Crippen molar-refractivity contribution in [3.05, 3.63) is 59.7 Å². The Morgan fingerprint density at radius 1 is 1.09 bits per heavy atom. The highest BCUT2D eigenvalue weighted by atomic mass is 19.1. The van der Waals surface area contributed by atoms with Crippen LogP contribution in [0.1, 0.15) is 12.0 Å². The molecular weight excluding hydrogens is 306 g/mol. The first-order valence-electron chi connectivity index (χ1n) is 6.69. The average molecular weight is 320 g/mol. The standard InChI is InChI=1S/C16H14F2N2O3/c17-11-3-1-10(2-4-11)9-23-12-5-6-14(13(18)7-12)20-16(22)8-15(19)21/h1-7H,8-9H2,(H2,19,21)(H,20,22). The molecule has 0 spiro atoms. The van der Waals surface area contributed by atoms with E-state index in [1.165, 1.54) is 24.3 Å². The summed E-state index contributed by atoms with van der Waals surface area (Å²) in [6, 6.07) is 9.60. The minimum absolute atomic E-state index is 0.0783. The van der Waals surface area contributed by atoms with Crippen LogP contribution in [0.4, 0.5) is 14.5 Å². The van der Waals surface area contributed by atoms with Crippen molar-refractivity contribution in [1.82, 2.24) is 0 Å². The lowest BCUT2D eigenvalue weighted by atomic mass is 10.2. The van der Waals surface area contributed by atoms with Crippen molar-refractivity contribution in [3.63, 3.8) is 0 Å². The number of nitrogens with one attached hydrogen (secondary N) is 1. The maximum Gasteiger partial charge on any atom is 0.233 e. The van der Waals surface area contributed by atoms with E-state index < -0.39 is 24.1 Å². The van der Waals surface area contributed by atoms with Gasteiger partial charge in [0.1, 0.15) is 30.4 Å². The van der Waals surface area contributed by atoms with Crippen molar-refractivity contribution >= 4 is 17.5 Å². The molecule has 0 aliphatic heterocycles. The quantitative estimate of drug-likeness (QED) is 0.802. The van der Waals surface area contributed by atoms with Crippen molar-refractivity contribution in [1.29, 1.82) is 0 Å². The Balaban J connectivity index is 1.97. The largest absolute Gasteiger partial charge is 0.489 e. The van der Waals surface area contributed by atoms with Crippen molar-refractivity contribution in [2.45, 2.75) is 13.0 Å². The van der Waals surface area contributed by atoms with E-state index in [4.69, 9.17) is 10.5 Å². The van der Waals surface area contributed by atoms with E-state index in [9.17, 15) is 18.4 Å². The summed E-state index contributed by atoms with van der Waals surface area (Å²) in [4.78, 5) is 22.0. The Bertz CT molecular complexity index is 718. The molecular formula is C16H14F2N2O3. The molecule has 0 heterocycles. The van der Waals surface area contributed by atoms with Crippen LogP contribution in [0, 0.1) is 11.6 Å². The molecule has 2 rings (SSSR count). The number of hydrogen-bond acceptors (Lipinski definition) is 3. The van der Waals surface area contributed by atoms with Gasteiger partial charge in [0.2, 0.25) is 11.8 Å². The van der Waals surface area contributed by atoms with Gasteiger partial charge in [-0.05, 0) is 29.8 Å². The zero-order valence-electron chi connectivity index (χ0n) is 12.0. The Morgan fingerprint density at radius 3 is 2.39 bits per heavy atom. The molecule has 2 aromatic rings. The fourth-order valence-corrected chi connectivity index (χ4v) is 1.79. The monoisotopic (exact) mass is 320 g/mol. The number of hydrogen-bond donors (Lipinski definition) is 2. The van der Waals surface area contributed by atoms with Crippen LogP contribution >= 0.6 is 0 Å². The Labute approximate surface area is 131 Å². The first-order valence-corrected chi connectivity index (χ1v) is 6.69. The van der Waals surface area contributed by atoms with Crippen LogP contribution in [0.5, 0.6) is 5.75 Å². The average Bonchev–Trinajstić information content (AvgIpc) is 2.48. The van der Waals surface area contributed by atoms with E-state index >= 15 is 0 Å². The third-order valence-corrected chi connectivity index (χ3v) is 2.87. The number of primary amides is 1. The molecule has 0 saturated heterocycles. The number of amides is 2. The number of rotatable bonds is 6. The molecule has 5 nitrogen and oxygen atoms in total. The van der Waals surface area contributed by atoms with Crippen molar-refractivity contribution in [2.24, 2.45) is 5.73 Å². The number of halogens is 2. The predicted molar refractivity (Wildman–Crippen MR) is 79.6 cm³/mol. The number of carbonyl (C=O) groups excluding carboxylic acids is 2. The molecule has 0 aliphatic rings. The van der Waals surface area contributed by atoms with Crippen LogP contribution in [0.15, 0.2) is 42.5 Å². The van der Waals surface area contributed by atoms with Crippen molar-refractivity contribution in [3.8, 4) is 5.75 Å². The summed E-state index contributed by atoms with van der Waals surface area (Å²) in [5.41, 5.74) is 5.53. The van der Waals surface area contributed by atoms with Gasteiger partial charge in [-0.15, -0.1) is 0 Å². The van der Waals surface area contributed by atoms with E-state index in [-0.39, 0.29) is 23.9 Å². The van der Waals surface area contributed by atoms with Crippen LogP contribution in [-0.2, 0) is 16.2 Å². The molecule has 0 aliphatic carbocycles. The van der Waals surface area contributed by atoms with Gasteiger partial charge >= 0.3 is 0 Å². The molecule has 7 heteroatoms. The fourth-order valence-electron chi connectivity index (χ4n) is 1.79. The lowest BCUT2D eigenvalue weighted by Crippen LogP contribution is -2.21. The van der Waals surface area contributed by atoms with E-state index in [0.717, 1.165) is 11.6 Å². The summed E-state index contributed by atoms with van der Waals surface area (Å²) in [6.45, 7) is 0.146. The second-order valence-corrected chi connectivity index (χ2v) is 4.75. The SMILES string of the molecule is NC(=O)CC(=O)Nc1ccc(OCc2ccc(F)cc2)cc1F. The summed E-state index contributed by atoms with van der Waals surface area (Å²) in [7, 11) is 0. The third-order valence-electron chi connectivity index (χ3n) is 2.87. The Kier molecular flexibility index (Phi) is 5.24. The Hall–Kier alpha value is -2.96. The maximum absolute atomic E-state index is 13.9. The normalized spacial score (nSPS) is 10.2. The smallest absolute Gasteiger partial charge is 0.233 e. The Morgan fingerprint density at radius 2 is 1.78 bits per heavy atom.